The summed E-state index contributed by atoms with van der Waals surface area (Å²) in [6, 6.07) is 5.22. The molecule has 0 radical (unpaired) electrons. The highest BCUT2D eigenvalue weighted by Gasteiger charge is 2.21. The molecule has 1 aromatic carbocycles. The average Bonchev–Trinajstić information content (AvgIpc) is 3.57. The molecule has 2 heterocycles. The number of nitrogens with one attached hydrogen (secondary N) is 8. The zero-order valence-electron chi connectivity index (χ0n) is 36.0. The number of hydrogen-bond acceptors (Lipinski definition) is 14. The van der Waals surface area contributed by atoms with Crippen LogP contribution in [0.1, 0.15) is 94.0 Å². The summed E-state index contributed by atoms with van der Waals surface area (Å²) in [6.45, 7) is 9.69. The Bertz CT molecular complexity index is 1820. The number of rotatable bonds is 33. The van der Waals surface area contributed by atoms with Crippen LogP contribution in [-0.2, 0) is 20.9 Å². The second-order valence-corrected chi connectivity index (χ2v) is 16.0. The lowest BCUT2D eigenvalue weighted by Crippen LogP contribution is -2.49. The number of carbonyl (C=O) groups is 4. The van der Waals surface area contributed by atoms with Gasteiger partial charge in [0.2, 0.25) is 23.7 Å². The second-order valence-electron chi connectivity index (χ2n) is 14.9. The lowest BCUT2D eigenvalue weighted by molar-refractivity contribution is -0.128. The maximum Gasteiger partial charge on any atom is 0.328 e. The van der Waals surface area contributed by atoms with E-state index in [0.717, 1.165) is 82.4 Å². The Morgan fingerprint density at radius 3 is 2.18 bits per heavy atom. The fraction of sp³-hybridized carbons (Fsp3) is 0.634. The lowest BCUT2D eigenvalue weighted by Gasteiger charge is -2.19. The molecule has 2 atom stereocenters. The number of nitrogens with two attached hydrogens (primary N) is 3. The van der Waals surface area contributed by atoms with E-state index in [1.165, 1.54) is 4.57 Å². The van der Waals surface area contributed by atoms with Gasteiger partial charge in [0.15, 0.2) is 11.5 Å². The summed E-state index contributed by atoms with van der Waals surface area (Å²) in [6.07, 6.45) is 8.23. The number of unbranched alkanes of at least 4 members (excludes halogenated alkanes) is 3. The van der Waals surface area contributed by atoms with Crippen molar-refractivity contribution in [2.45, 2.75) is 96.7 Å². The number of thioether (sulfide) groups is 1. The van der Waals surface area contributed by atoms with Crippen molar-refractivity contribution in [1.82, 2.24) is 51.4 Å². The SMILES string of the molecule is CCCCNc1nc(N)c2[nH]c(=O)n(Cc3ccc(C(=O)NCC(=O)N[C@@H](CCCCNC(=O)[C@@H](N)CSCCC)C(=O)NCCCNCCCCNCCCN)cc3)c2n1. The second kappa shape index (κ2) is 29.5. The minimum absolute atomic E-state index is 0.162. The molecule has 0 bridgehead atoms. The van der Waals surface area contributed by atoms with Crippen molar-refractivity contribution in [3.8, 4) is 0 Å². The number of imidazole rings is 1. The zero-order valence-corrected chi connectivity index (χ0v) is 36.9. The number of aromatic nitrogens is 4. The number of anilines is 2. The van der Waals surface area contributed by atoms with E-state index in [4.69, 9.17) is 17.2 Å². The molecule has 0 spiro atoms. The topological polar surface area (TPSA) is 294 Å². The van der Waals surface area contributed by atoms with Crippen molar-refractivity contribution >= 4 is 58.3 Å². The summed E-state index contributed by atoms with van der Waals surface area (Å²) in [5.41, 5.74) is 19.0. The van der Waals surface area contributed by atoms with Crippen molar-refractivity contribution in [3.63, 3.8) is 0 Å². The van der Waals surface area contributed by atoms with Gasteiger partial charge in [-0.2, -0.15) is 21.7 Å². The molecule has 20 heteroatoms. The summed E-state index contributed by atoms with van der Waals surface area (Å²) in [5.74, 6) is 0.475. The fourth-order valence-corrected chi connectivity index (χ4v) is 7.01. The van der Waals surface area contributed by atoms with Crippen molar-refractivity contribution in [1.29, 1.82) is 0 Å². The van der Waals surface area contributed by atoms with Crippen LogP contribution < -0.4 is 60.1 Å². The summed E-state index contributed by atoms with van der Waals surface area (Å²) >= 11 is 1.65. The van der Waals surface area contributed by atoms with Gasteiger partial charge in [0.1, 0.15) is 11.6 Å². The standard InChI is InChI=1S/C41H70N14O5S/c1-3-5-22-49-40-53-35(44)34-36(54-40)55(41(60)52-34)27-29-13-15-30(16-14-29)37(57)50-26-33(56)51-32(12-6-7-23-47-38(58)31(43)28-61-25-4-2)39(59)48-24-11-21-46-19-9-8-18-45-20-10-17-42/h13-16,31-32,45-46H,3-12,17-28,42-43H2,1-2H3,(H,47,58)(H,48,59)(H,50,57)(H,51,56)(H,52,60)(H3,44,49,53,54)/t31-,32-/m0/s1. The van der Waals surface area contributed by atoms with Crippen LogP contribution in [0, 0.1) is 0 Å². The molecule has 2 aromatic heterocycles. The van der Waals surface area contributed by atoms with Gasteiger partial charge in [0.25, 0.3) is 5.91 Å². The molecule has 0 aliphatic heterocycles. The van der Waals surface area contributed by atoms with Gasteiger partial charge >= 0.3 is 5.69 Å². The molecule has 14 N–H and O–H groups in total. The highest BCUT2D eigenvalue weighted by Crippen LogP contribution is 2.18. The minimum atomic E-state index is -0.830. The Hall–Kier alpha value is -4.76. The molecule has 3 rings (SSSR count). The first-order chi connectivity index (χ1) is 29.6. The highest BCUT2D eigenvalue weighted by atomic mass is 32.2. The molecule has 0 aliphatic carbocycles. The number of nitrogens with zero attached hydrogens (tertiary/aromatic N) is 3. The molecule has 0 aliphatic rings. The number of benzene rings is 1. The van der Waals surface area contributed by atoms with Gasteiger partial charge in [-0.3, -0.25) is 23.7 Å². The van der Waals surface area contributed by atoms with E-state index in [2.05, 4.69) is 66.0 Å². The number of hydrogen-bond donors (Lipinski definition) is 11. The molecule has 0 fully saturated rings. The Labute approximate surface area is 363 Å². The summed E-state index contributed by atoms with van der Waals surface area (Å²) in [5, 5.41) is 21.1. The van der Waals surface area contributed by atoms with Gasteiger partial charge in [0.05, 0.1) is 19.1 Å². The van der Waals surface area contributed by atoms with Gasteiger partial charge in [-0.05, 0) is 114 Å². The van der Waals surface area contributed by atoms with Gasteiger partial charge < -0.3 is 59.4 Å². The van der Waals surface area contributed by atoms with Crippen LogP contribution in [0.4, 0.5) is 11.8 Å². The molecular weight excluding hydrogens is 801 g/mol. The summed E-state index contributed by atoms with van der Waals surface area (Å²) in [7, 11) is 0. The smallest absolute Gasteiger partial charge is 0.328 e. The van der Waals surface area contributed by atoms with Crippen LogP contribution in [0.5, 0.6) is 0 Å². The number of H-pyrrole nitrogens is 1. The first kappa shape index (κ1) is 50.6. The third-order valence-electron chi connectivity index (χ3n) is 9.63. The fourth-order valence-electron chi connectivity index (χ4n) is 6.15. The van der Waals surface area contributed by atoms with Crippen LogP contribution in [0.2, 0.25) is 0 Å². The van der Waals surface area contributed by atoms with Crippen LogP contribution in [0.15, 0.2) is 29.1 Å². The van der Waals surface area contributed by atoms with Gasteiger partial charge in [-0.15, -0.1) is 0 Å². The van der Waals surface area contributed by atoms with E-state index in [9.17, 15) is 24.0 Å². The lowest BCUT2D eigenvalue weighted by atomic mass is 10.1. The van der Waals surface area contributed by atoms with Crippen LogP contribution in [0.3, 0.4) is 0 Å². The predicted molar refractivity (Wildman–Crippen MR) is 244 cm³/mol. The van der Waals surface area contributed by atoms with Crippen molar-refractivity contribution in [2.75, 3.05) is 81.5 Å². The first-order valence-corrected chi connectivity index (χ1v) is 22.9. The van der Waals surface area contributed by atoms with Gasteiger partial charge in [0, 0.05) is 31.0 Å². The molecule has 340 valence electrons. The average molecular weight is 871 g/mol. The van der Waals surface area contributed by atoms with Crippen LogP contribution >= 0.6 is 11.8 Å². The molecular formula is C41H70N14O5S. The quantitative estimate of drug-likeness (QED) is 0.0377. The summed E-state index contributed by atoms with van der Waals surface area (Å²) < 4.78 is 1.45. The number of carbonyl (C=O) groups excluding carboxylic acids is 4. The van der Waals surface area contributed by atoms with E-state index >= 15 is 0 Å². The molecule has 19 nitrogen and oxygen atoms in total. The molecule has 0 saturated carbocycles. The third-order valence-corrected chi connectivity index (χ3v) is 10.9. The minimum Gasteiger partial charge on any atom is -0.382 e. The molecule has 0 saturated heterocycles. The van der Waals surface area contributed by atoms with Crippen molar-refractivity contribution in [3.05, 3.63) is 45.9 Å². The highest BCUT2D eigenvalue weighted by molar-refractivity contribution is 7.99. The Morgan fingerprint density at radius 2 is 1.48 bits per heavy atom. The van der Waals surface area contributed by atoms with Crippen molar-refractivity contribution in [2.24, 2.45) is 11.5 Å². The number of amides is 4. The number of fused-ring (bicyclic) bond motifs is 1. The molecule has 61 heavy (non-hydrogen) atoms. The van der Waals surface area contributed by atoms with Gasteiger partial charge in [-0.25, -0.2) is 4.79 Å². The molecule has 3 aromatic rings. The van der Waals surface area contributed by atoms with E-state index in [1.54, 1.807) is 36.0 Å². The van der Waals surface area contributed by atoms with Crippen LogP contribution in [-0.4, -0.2) is 126 Å². The molecule has 4 amide bonds. The normalized spacial score (nSPS) is 12.2. The third kappa shape index (κ3) is 19.2. The Morgan fingerprint density at radius 1 is 0.803 bits per heavy atom. The van der Waals surface area contributed by atoms with E-state index < -0.39 is 29.6 Å². The van der Waals surface area contributed by atoms with Crippen molar-refractivity contribution < 1.29 is 19.2 Å². The van der Waals surface area contributed by atoms with E-state index in [1.807, 2.05) is 0 Å². The number of aromatic amines is 1. The maximum absolute atomic E-state index is 13.3. The summed E-state index contributed by atoms with van der Waals surface area (Å²) in [4.78, 5) is 76.0. The maximum atomic E-state index is 13.3. The van der Waals surface area contributed by atoms with Gasteiger partial charge in [-0.1, -0.05) is 32.4 Å². The number of nitrogen functional groups attached to an aromatic ring is 1. The zero-order chi connectivity index (χ0) is 44.2. The monoisotopic (exact) mass is 871 g/mol. The van der Waals surface area contributed by atoms with E-state index in [0.29, 0.717) is 73.9 Å². The van der Waals surface area contributed by atoms with E-state index in [-0.39, 0.29) is 30.7 Å². The first-order valence-electron chi connectivity index (χ1n) is 21.7. The Kier molecular flexibility index (Phi) is 24.5. The Balaban J connectivity index is 1.50. The predicted octanol–water partition coefficient (Wildman–Crippen LogP) is 0.748. The largest absolute Gasteiger partial charge is 0.382 e. The molecule has 0 unspecified atom stereocenters. The van der Waals surface area contributed by atoms with Crippen LogP contribution in [0.25, 0.3) is 11.2 Å².